The van der Waals surface area contributed by atoms with Crippen molar-refractivity contribution >= 4 is 17.3 Å². The summed E-state index contributed by atoms with van der Waals surface area (Å²) in [5.74, 6) is 0. The van der Waals surface area contributed by atoms with Crippen LogP contribution in [0.4, 0.5) is 5.69 Å². The Morgan fingerprint density at radius 2 is 2.07 bits per heavy atom. The number of β-amino-alcohol motifs (C(OH)–C–C–N with tert-alkyl or cyclic N) is 1. The Kier molecular flexibility index (Phi) is 3.17. The lowest BCUT2D eigenvalue weighted by Gasteiger charge is -2.25. The number of rotatable bonds is 2. The summed E-state index contributed by atoms with van der Waals surface area (Å²) in [6.07, 6.45) is 1.75. The fraction of sp³-hybridized carbons (Fsp3) is 0.500. The van der Waals surface area contributed by atoms with Gasteiger partial charge in [0.05, 0.1) is 6.10 Å². The minimum atomic E-state index is -0.189. The largest absolute Gasteiger partial charge is 0.391 e. The molecule has 3 heteroatoms. The van der Waals surface area contributed by atoms with Crippen LogP contribution >= 0.6 is 11.6 Å². The highest BCUT2D eigenvalue weighted by Gasteiger charge is 2.29. The van der Waals surface area contributed by atoms with E-state index in [-0.39, 0.29) is 6.10 Å². The molecule has 0 aliphatic carbocycles. The lowest BCUT2D eigenvalue weighted by atomic mass is 10.1. The minimum Gasteiger partial charge on any atom is -0.391 e. The molecule has 1 aliphatic heterocycles. The number of benzene rings is 1. The molecule has 1 heterocycles. The number of hydrogen-bond donors (Lipinski definition) is 1. The van der Waals surface area contributed by atoms with Crippen LogP contribution < -0.4 is 4.90 Å². The third-order valence-electron chi connectivity index (χ3n) is 3.02. The van der Waals surface area contributed by atoms with Crippen LogP contribution in [0.3, 0.4) is 0 Å². The van der Waals surface area contributed by atoms with E-state index >= 15 is 0 Å². The van der Waals surface area contributed by atoms with Crippen LogP contribution in [0.25, 0.3) is 0 Å². The van der Waals surface area contributed by atoms with E-state index in [4.69, 9.17) is 11.6 Å². The van der Waals surface area contributed by atoms with E-state index in [1.54, 1.807) is 0 Å². The van der Waals surface area contributed by atoms with E-state index in [9.17, 15) is 5.11 Å². The molecule has 0 amide bonds. The van der Waals surface area contributed by atoms with Crippen LogP contribution in [0.2, 0.25) is 5.02 Å². The molecule has 0 bridgehead atoms. The molecular formula is C12H16ClNO. The Hall–Kier alpha value is -0.730. The molecular weight excluding hydrogens is 210 g/mol. The fourth-order valence-corrected chi connectivity index (χ4v) is 2.35. The number of anilines is 1. The minimum absolute atomic E-state index is 0.189. The van der Waals surface area contributed by atoms with Crippen molar-refractivity contribution in [1.82, 2.24) is 0 Å². The SMILES string of the molecule is CCC1C[C@@H](O)CN1c1ccc(Cl)cc1. The molecule has 0 aromatic heterocycles. The van der Waals surface area contributed by atoms with Gasteiger partial charge in [-0.3, -0.25) is 0 Å². The van der Waals surface area contributed by atoms with Crippen LogP contribution in [-0.4, -0.2) is 23.8 Å². The Bertz CT molecular complexity index is 325. The Labute approximate surface area is 95.5 Å². The number of nitrogens with zero attached hydrogens (tertiary/aromatic N) is 1. The number of aliphatic hydroxyl groups excluding tert-OH is 1. The molecule has 1 fully saturated rings. The molecule has 82 valence electrons. The van der Waals surface area contributed by atoms with Crippen molar-refractivity contribution < 1.29 is 5.11 Å². The molecule has 1 aromatic rings. The van der Waals surface area contributed by atoms with E-state index in [2.05, 4.69) is 11.8 Å². The van der Waals surface area contributed by atoms with Gasteiger partial charge in [-0.2, -0.15) is 0 Å². The monoisotopic (exact) mass is 225 g/mol. The highest BCUT2D eigenvalue weighted by atomic mass is 35.5. The van der Waals surface area contributed by atoms with E-state index in [0.29, 0.717) is 6.04 Å². The predicted molar refractivity (Wildman–Crippen MR) is 63.5 cm³/mol. The summed E-state index contributed by atoms with van der Waals surface area (Å²) < 4.78 is 0. The van der Waals surface area contributed by atoms with Gasteiger partial charge in [0.1, 0.15) is 0 Å². The molecule has 0 saturated carbocycles. The first-order chi connectivity index (χ1) is 7.20. The molecule has 1 aromatic carbocycles. The van der Waals surface area contributed by atoms with Gasteiger partial charge in [-0.05, 0) is 37.1 Å². The van der Waals surface area contributed by atoms with Gasteiger partial charge in [0, 0.05) is 23.3 Å². The lowest BCUT2D eigenvalue weighted by molar-refractivity contribution is 0.194. The van der Waals surface area contributed by atoms with Gasteiger partial charge >= 0.3 is 0 Å². The van der Waals surface area contributed by atoms with Crippen LogP contribution in [-0.2, 0) is 0 Å². The third kappa shape index (κ3) is 2.27. The molecule has 1 saturated heterocycles. The van der Waals surface area contributed by atoms with Gasteiger partial charge in [-0.25, -0.2) is 0 Å². The third-order valence-corrected chi connectivity index (χ3v) is 3.27. The summed E-state index contributed by atoms with van der Waals surface area (Å²) in [6.45, 7) is 2.89. The average molecular weight is 226 g/mol. The molecule has 1 aliphatic rings. The molecule has 1 N–H and O–H groups in total. The predicted octanol–water partition coefficient (Wildman–Crippen LogP) is 2.69. The zero-order chi connectivity index (χ0) is 10.8. The van der Waals surface area contributed by atoms with Crippen LogP contribution in [0.15, 0.2) is 24.3 Å². The van der Waals surface area contributed by atoms with Gasteiger partial charge < -0.3 is 10.0 Å². The average Bonchev–Trinajstić information content (AvgIpc) is 2.61. The summed E-state index contributed by atoms with van der Waals surface area (Å²) in [5, 5.41) is 10.4. The van der Waals surface area contributed by atoms with Crippen molar-refractivity contribution in [3.63, 3.8) is 0 Å². The quantitative estimate of drug-likeness (QED) is 0.837. The zero-order valence-electron chi connectivity index (χ0n) is 8.86. The van der Waals surface area contributed by atoms with Gasteiger partial charge in [-0.15, -0.1) is 0 Å². The summed E-state index contributed by atoms with van der Waals surface area (Å²) >= 11 is 5.85. The van der Waals surface area contributed by atoms with E-state index < -0.39 is 0 Å². The van der Waals surface area contributed by atoms with Crippen molar-refractivity contribution in [3.05, 3.63) is 29.3 Å². The molecule has 0 radical (unpaired) electrons. The Balaban J connectivity index is 2.19. The van der Waals surface area contributed by atoms with Crippen molar-refractivity contribution in [3.8, 4) is 0 Å². The Morgan fingerprint density at radius 3 is 2.67 bits per heavy atom. The standard InChI is InChI=1S/C12H16ClNO/c1-2-10-7-12(15)8-14(10)11-5-3-9(13)4-6-11/h3-6,10,12,15H,2,7-8H2,1H3/t10?,12-/m1/s1. The van der Waals surface area contributed by atoms with Crippen LogP contribution in [0, 0.1) is 0 Å². The first-order valence-electron chi connectivity index (χ1n) is 5.41. The van der Waals surface area contributed by atoms with Crippen molar-refractivity contribution in [2.75, 3.05) is 11.4 Å². The summed E-state index contributed by atoms with van der Waals surface area (Å²) in [4.78, 5) is 2.26. The maximum absolute atomic E-state index is 9.65. The second-order valence-corrected chi connectivity index (χ2v) is 4.52. The zero-order valence-corrected chi connectivity index (χ0v) is 9.61. The van der Waals surface area contributed by atoms with Gasteiger partial charge in [0.2, 0.25) is 0 Å². The molecule has 2 rings (SSSR count). The smallest absolute Gasteiger partial charge is 0.0734 e. The molecule has 0 spiro atoms. The van der Waals surface area contributed by atoms with Crippen molar-refractivity contribution in [2.45, 2.75) is 31.9 Å². The lowest BCUT2D eigenvalue weighted by Crippen LogP contribution is -2.28. The molecule has 15 heavy (non-hydrogen) atoms. The van der Waals surface area contributed by atoms with Crippen molar-refractivity contribution in [2.24, 2.45) is 0 Å². The fourth-order valence-electron chi connectivity index (χ4n) is 2.23. The maximum atomic E-state index is 9.65. The van der Waals surface area contributed by atoms with Gasteiger partial charge in [-0.1, -0.05) is 18.5 Å². The maximum Gasteiger partial charge on any atom is 0.0734 e. The summed E-state index contributed by atoms with van der Waals surface area (Å²) in [7, 11) is 0. The van der Waals surface area contributed by atoms with Gasteiger partial charge in [0.15, 0.2) is 0 Å². The van der Waals surface area contributed by atoms with Crippen LogP contribution in [0.5, 0.6) is 0 Å². The summed E-state index contributed by atoms with van der Waals surface area (Å²) in [6, 6.07) is 8.29. The van der Waals surface area contributed by atoms with E-state index in [1.807, 2.05) is 24.3 Å². The normalized spacial score (nSPS) is 25.9. The second kappa shape index (κ2) is 4.42. The number of halogens is 1. The van der Waals surface area contributed by atoms with E-state index in [0.717, 1.165) is 30.1 Å². The van der Waals surface area contributed by atoms with Crippen LogP contribution in [0.1, 0.15) is 19.8 Å². The molecule has 1 unspecified atom stereocenters. The highest BCUT2D eigenvalue weighted by molar-refractivity contribution is 6.30. The first-order valence-corrected chi connectivity index (χ1v) is 5.78. The highest BCUT2D eigenvalue weighted by Crippen LogP contribution is 2.28. The number of aliphatic hydroxyl groups is 1. The number of hydrogen-bond acceptors (Lipinski definition) is 2. The topological polar surface area (TPSA) is 23.5 Å². The second-order valence-electron chi connectivity index (χ2n) is 4.08. The first kappa shape index (κ1) is 10.8. The molecule has 2 atom stereocenters. The van der Waals surface area contributed by atoms with Crippen molar-refractivity contribution in [1.29, 1.82) is 0 Å². The van der Waals surface area contributed by atoms with Gasteiger partial charge in [0.25, 0.3) is 0 Å². The summed E-state index contributed by atoms with van der Waals surface area (Å²) in [5.41, 5.74) is 1.16. The van der Waals surface area contributed by atoms with E-state index in [1.165, 1.54) is 0 Å². The Morgan fingerprint density at radius 1 is 1.40 bits per heavy atom. The molecule has 2 nitrogen and oxygen atoms in total.